The number of rotatable bonds is 9. The molecule has 0 aliphatic heterocycles. The molecule has 3 rings (SSSR count). The van der Waals surface area contributed by atoms with E-state index in [9.17, 15) is 4.79 Å². The van der Waals surface area contributed by atoms with E-state index >= 15 is 0 Å². The molecule has 0 unspecified atom stereocenters. The van der Waals surface area contributed by atoms with Crippen molar-refractivity contribution >= 4 is 28.2 Å². The number of carboxylic acids is 1. The van der Waals surface area contributed by atoms with Crippen LogP contribution in [0, 0.1) is 0 Å². The van der Waals surface area contributed by atoms with Crippen LogP contribution in [0.5, 0.6) is 5.75 Å². The van der Waals surface area contributed by atoms with Gasteiger partial charge in [0.1, 0.15) is 5.75 Å². The maximum atomic E-state index is 11.0. The van der Waals surface area contributed by atoms with Crippen molar-refractivity contribution in [3.63, 3.8) is 0 Å². The van der Waals surface area contributed by atoms with Crippen LogP contribution < -0.4 is 4.74 Å². The quantitative estimate of drug-likeness (QED) is 0.620. The zero-order chi connectivity index (χ0) is 18.4. The van der Waals surface area contributed by atoms with Crippen molar-refractivity contribution in [1.82, 2.24) is 14.9 Å². The predicted octanol–water partition coefficient (Wildman–Crippen LogP) is 3.57. The second-order valence-electron chi connectivity index (χ2n) is 5.91. The molecule has 0 spiro atoms. The molecule has 0 bridgehead atoms. The van der Waals surface area contributed by atoms with Crippen LogP contribution >= 0.6 is 11.3 Å². The third-order valence-corrected chi connectivity index (χ3v) is 4.68. The average molecular weight is 371 g/mol. The average Bonchev–Trinajstić information content (AvgIpc) is 3.13. The van der Waals surface area contributed by atoms with Crippen LogP contribution in [-0.4, -0.2) is 39.1 Å². The van der Waals surface area contributed by atoms with Gasteiger partial charge in [-0.2, -0.15) is 0 Å². The van der Waals surface area contributed by atoms with Gasteiger partial charge in [0, 0.05) is 36.1 Å². The molecule has 26 heavy (non-hydrogen) atoms. The number of thiazole rings is 1. The van der Waals surface area contributed by atoms with Crippen molar-refractivity contribution in [2.24, 2.45) is 0 Å². The molecule has 3 aromatic rings. The van der Waals surface area contributed by atoms with Crippen molar-refractivity contribution in [3.8, 4) is 5.75 Å². The van der Waals surface area contributed by atoms with Gasteiger partial charge < -0.3 is 9.84 Å². The molecule has 0 amide bonds. The lowest BCUT2D eigenvalue weighted by Gasteiger charge is -2.20. The second-order valence-corrected chi connectivity index (χ2v) is 6.88. The van der Waals surface area contributed by atoms with Gasteiger partial charge in [0.05, 0.1) is 29.7 Å². The monoisotopic (exact) mass is 371 g/mol. The Morgan fingerprint density at radius 1 is 1.27 bits per heavy atom. The van der Waals surface area contributed by atoms with Gasteiger partial charge >= 0.3 is 5.97 Å². The number of ether oxygens (including phenoxy) is 1. The second kappa shape index (κ2) is 8.73. The van der Waals surface area contributed by atoms with Crippen LogP contribution in [0.1, 0.15) is 23.9 Å². The van der Waals surface area contributed by atoms with Crippen LogP contribution in [0.15, 0.2) is 42.0 Å². The Kier molecular flexibility index (Phi) is 6.14. The Hall–Kier alpha value is -2.51. The van der Waals surface area contributed by atoms with E-state index in [0.717, 1.165) is 27.2 Å². The molecule has 2 heterocycles. The summed E-state index contributed by atoms with van der Waals surface area (Å²) in [6, 6.07) is 9.87. The summed E-state index contributed by atoms with van der Waals surface area (Å²) in [5.74, 6) is 0.0389. The number of nitrogens with zero attached hydrogens (tertiary/aromatic N) is 3. The van der Waals surface area contributed by atoms with Gasteiger partial charge in [0.15, 0.2) is 0 Å². The Labute approximate surface area is 156 Å². The largest absolute Gasteiger partial charge is 0.494 e. The fraction of sp³-hybridized carbons (Fsp3) is 0.316. The van der Waals surface area contributed by atoms with Gasteiger partial charge in [-0.25, -0.2) is 0 Å². The Bertz CT molecular complexity index is 868. The van der Waals surface area contributed by atoms with Crippen molar-refractivity contribution < 1.29 is 14.6 Å². The summed E-state index contributed by atoms with van der Waals surface area (Å²) >= 11 is 1.57. The Morgan fingerprint density at radius 3 is 2.88 bits per heavy atom. The van der Waals surface area contributed by atoms with Crippen molar-refractivity contribution in [2.75, 3.05) is 13.2 Å². The van der Waals surface area contributed by atoms with Gasteiger partial charge in [-0.15, -0.1) is 11.3 Å². The van der Waals surface area contributed by atoms with Gasteiger partial charge in [-0.3, -0.25) is 19.7 Å². The lowest BCUT2D eigenvalue weighted by atomic mass is 10.2. The fourth-order valence-electron chi connectivity index (χ4n) is 2.73. The molecular weight excluding hydrogens is 350 g/mol. The van der Waals surface area contributed by atoms with E-state index in [1.165, 1.54) is 0 Å². The number of carboxylic acid groups (broad SMARTS) is 1. The number of hydrogen-bond acceptors (Lipinski definition) is 6. The Balaban J connectivity index is 1.76. The topological polar surface area (TPSA) is 75.5 Å². The molecule has 0 atom stereocenters. The highest BCUT2D eigenvalue weighted by Crippen LogP contribution is 2.21. The summed E-state index contributed by atoms with van der Waals surface area (Å²) < 4.78 is 5.53. The first-order valence-electron chi connectivity index (χ1n) is 8.48. The predicted molar refractivity (Wildman–Crippen MR) is 101 cm³/mol. The smallest absolute Gasteiger partial charge is 0.304 e. The van der Waals surface area contributed by atoms with E-state index in [0.29, 0.717) is 26.2 Å². The number of pyridine rings is 1. The zero-order valence-electron chi connectivity index (χ0n) is 14.6. The summed E-state index contributed by atoms with van der Waals surface area (Å²) in [5.41, 5.74) is 3.60. The van der Waals surface area contributed by atoms with Crippen LogP contribution in [0.4, 0.5) is 0 Å². The minimum absolute atomic E-state index is 0.101. The SMILES string of the molecule is CCOc1ccc2nc(CN(CCC(=O)O)Cc3cncs3)ccc2c1. The third-order valence-electron chi connectivity index (χ3n) is 3.92. The molecule has 1 aromatic carbocycles. The minimum Gasteiger partial charge on any atom is -0.494 e. The fourth-order valence-corrected chi connectivity index (χ4v) is 3.36. The highest BCUT2D eigenvalue weighted by atomic mass is 32.1. The molecule has 0 saturated heterocycles. The minimum atomic E-state index is -0.797. The molecule has 136 valence electrons. The summed E-state index contributed by atoms with van der Waals surface area (Å²) in [7, 11) is 0. The third kappa shape index (κ3) is 5.00. The molecule has 0 fully saturated rings. The molecule has 0 saturated carbocycles. The van der Waals surface area contributed by atoms with Crippen LogP contribution in [0.2, 0.25) is 0 Å². The zero-order valence-corrected chi connectivity index (χ0v) is 15.4. The number of carbonyl (C=O) groups is 1. The first-order chi connectivity index (χ1) is 12.6. The Morgan fingerprint density at radius 2 is 2.15 bits per heavy atom. The molecule has 7 heteroatoms. The molecule has 0 aliphatic carbocycles. The maximum Gasteiger partial charge on any atom is 0.304 e. The number of aliphatic carboxylic acids is 1. The summed E-state index contributed by atoms with van der Waals surface area (Å²) in [6.07, 6.45) is 1.92. The van der Waals surface area contributed by atoms with E-state index in [4.69, 9.17) is 14.8 Å². The van der Waals surface area contributed by atoms with Gasteiger partial charge in [-0.05, 0) is 31.2 Å². The summed E-state index contributed by atoms with van der Waals surface area (Å²) in [6.45, 7) is 4.32. The van der Waals surface area contributed by atoms with Crippen molar-refractivity contribution in [2.45, 2.75) is 26.4 Å². The highest BCUT2D eigenvalue weighted by molar-refractivity contribution is 7.09. The number of benzene rings is 1. The molecule has 2 aromatic heterocycles. The maximum absolute atomic E-state index is 11.0. The summed E-state index contributed by atoms with van der Waals surface area (Å²) in [5, 5.41) is 10.0. The first kappa shape index (κ1) is 18.3. The van der Waals surface area contributed by atoms with E-state index in [1.807, 2.05) is 43.5 Å². The molecule has 6 nitrogen and oxygen atoms in total. The molecular formula is C19H21N3O3S. The lowest BCUT2D eigenvalue weighted by molar-refractivity contribution is -0.137. The highest BCUT2D eigenvalue weighted by Gasteiger charge is 2.12. The first-order valence-corrected chi connectivity index (χ1v) is 9.36. The van der Waals surface area contributed by atoms with E-state index in [-0.39, 0.29) is 6.42 Å². The van der Waals surface area contributed by atoms with Crippen LogP contribution in [0.3, 0.4) is 0 Å². The summed E-state index contributed by atoms with van der Waals surface area (Å²) in [4.78, 5) is 23.0. The van der Waals surface area contributed by atoms with Crippen molar-refractivity contribution in [1.29, 1.82) is 0 Å². The van der Waals surface area contributed by atoms with E-state index in [2.05, 4.69) is 9.88 Å². The van der Waals surface area contributed by atoms with Gasteiger partial charge in [0.2, 0.25) is 0 Å². The van der Waals surface area contributed by atoms with Gasteiger partial charge in [-0.1, -0.05) is 6.07 Å². The number of fused-ring (bicyclic) bond motifs is 1. The number of hydrogen-bond donors (Lipinski definition) is 1. The lowest BCUT2D eigenvalue weighted by Crippen LogP contribution is -2.25. The van der Waals surface area contributed by atoms with Gasteiger partial charge in [0.25, 0.3) is 0 Å². The number of aromatic nitrogens is 2. The van der Waals surface area contributed by atoms with E-state index < -0.39 is 5.97 Å². The van der Waals surface area contributed by atoms with Crippen molar-refractivity contribution in [3.05, 3.63) is 52.6 Å². The normalized spacial score (nSPS) is 11.2. The van der Waals surface area contributed by atoms with Crippen LogP contribution in [-0.2, 0) is 17.9 Å². The van der Waals surface area contributed by atoms with E-state index in [1.54, 1.807) is 16.8 Å². The molecule has 1 N–H and O–H groups in total. The van der Waals surface area contributed by atoms with Crippen LogP contribution in [0.25, 0.3) is 10.9 Å². The molecule has 0 aliphatic rings. The molecule has 0 radical (unpaired) electrons. The standard InChI is InChI=1S/C19H21N3O3S/c1-2-25-16-5-6-18-14(9-16)3-4-15(21-18)11-22(8-7-19(23)24)12-17-10-20-13-26-17/h3-6,9-10,13H,2,7-8,11-12H2,1H3,(H,23,24).